The Labute approximate surface area is 153 Å². The van der Waals surface area contributed by atoms with Gasteiger partial charge in [0.2, 0.25) is 0 Å². The number of hydrogen-bond donors (Lipinski definition) is 1. The molecule has 2 atom stereocenters. The molecule has 2 aliphatic heterocycles. The second-order valence-electron chi connectivity index (χ2n) is 6.52. The van der Waals surface area contributed by atoms with E-state index in [0.717, 1.165) is 30.2 Å². The predicted molar refractivity (Wildman–Crippen MR) is 103 cm³/mol. The Bertz CT molecular complexity index is 775. The van der Waals surface area contributed by atoms with Crippen LogP contribution in [0.2, 0.25) is 0 Å². The van der Waals surface area contributed by atoms with E-state index in [9.17, 15) is 13.2 Å². The number of rotatable bonds is 5. The first-order valence-electron chi connectivity index (χ1n) is 8.45. The first-order chi connectivity index (χ1) is 11.9. The zero-order chi connectivity index (χ0) is 18.0. The van der Waals surface area contributed by atoms with Crippen molar-refractivity contribution in [2.24, 2.45) is 4.99 Å². The minimum Gasteiger partial charge on any atom is -0.342 e. The van der Waals surface area contributed by atoms with Gasteiger partial charge in [-0.15, -0.1) is 0 Å². The van der Waals surface area contributed by atoms with Crippen LogP contribution in [0.3, 0.4) is 0 Å². The van der Waals surface area contributed by atoms with Gasteiger partial charge in [0.1, 0.15) is 0 Å². The first-order valence-corrected chi connectivity index (χ1v) is 11.2. The molecule has 3 rings (SSSR count). The molecule has 136 valence electrons. The molecule has 0 aromatic heterocycles. The van der Waals surface area contributed by atoms with Crippen LogP contribution in [0.4, 0.5) is 5.69 Å². The highest BCUT2D eigenvalue weighted by atomic mass is 32.2. The van der Waals surface area contributed by atoms with Crippen molar-refractivity contribution in [2.45, 2.75) is 31.1 Å². The van der Waals surface area contributed by atoms with Crippen molar-refractivity contribution in [3.8, 4) is 0 Å². The van der Waals surface area contributed by atoms with E-state index >= 15 is 0 Å². The summed E-state index contributed by atoms with van der Waals surface area (Å²) >= 11 is 1.49. The Morgan fingerprint density at radius 1 is 1.32 bits per heavy atom. The molecular weight excluding hydrogens is 358 g/mol. The topological polar surface area (TPSA) is 78.8 Å². The van der Waals surface area contributed by atoms with Gasteiger partial charge in [0.25, 0.3) is 5.91 Å². The maximum atomic E-state index is 12.3. The molecule has 0 saturated carbocycles. The molecule has 1 amide bonds. The Morgan fingerprint density at radius 2 is 2.04 bits per heavy atom. The molecule has 1 aromatic carbocycles. The number of fused-ring (bicyclic) bond motifs is 1. The summed E-state index contributed by atoms with van der Waals surface area (Å²) in [6, 6.07) is 7.19. The molecule has 0 radical (unpaired) electrons. The smallest absolute Gasteiger partial charge is 0.253 e. The molecule has 6 nitrogen and oxygen atoms in total. The van der Waals surface area contributed by atoms with E-state index in [1.807, 2.05) is 19.2 Å². The third-order valence-corrected chi connectivity index (χ3v) is 7.54. The van der Waals surface area contributed by atoms with E-state index in [4.69, 9.17) is 0 Å². The summed E-state index contributed by atoms with van der Waals surface area (Å²) < 4.78 is 23.2. The van der Waals surface area contributed by atoms with Crippen LogP contribution in [-0.4, -0.2) is 60.8 Å². The molecule has 1 N–H and O–H groups in total. The number of amides is 1. The van der Waals surface area contributed by atoms with Gasteiger partial charge in [-0.2, -0.15) is 0 Å². The summed E-state index contributed by atoms with van der Waals surface area (Å²) in [5.74, 6) is 0.370. The first kappa shape index (κ1) is 18.3. The lowest BCUT2D eigenvalue weighted by atomic mass is 10.2. The number of anilines is 1. The van der Waals surface area contributed by atoms with Crippen molar-refractivity contribution in [3.05, 3.63) is 29.8 Å². The molecule has 0 spiro atoms. The number of nitrogens with zero attached hydrogens (tertiary/aromatic N) is 2. The molecule has 2 heterocycles. The van der Waals surface area contributed by atoms with E-state index in [-0.39, 0.29) is 28.7 Å². The lowest BCUT2D eigenvalue weighted by Crippen LogP contribution is -2.27. The molecule has 8 heteroatoms. The summed E-state index contributed by atoms with van der Waals surface area (Å²) in [6.45, 7) is 2.86. The maximum Gasteiger partial charge on any atom is 0.253 e. The number of amidine groups is 1. The Morgan fingerprint density at radius 3 is 2.68 bits per heavy atom. The number of carbonyl (C=O) groups is 1. The fourth-order valence-corrected chi connectivity index (χ4v) is 6.63. The Hall–Kier alpha value is -1.54. The highest BCUT2D eigenvalue weighted by Crippen LogP contribution is 2.34. The highest BCUT2D eigenvalue weighted by molar-refractivity contribution is 8.15. The fourth-order valence-electron chi connectivity index (χ4n) is 2.95. The SMILES string of the molecule is CCCCN(C)C(=O)c1ccc(NC2=N[C@@H]3CS(=O)(=O)C[C@@H]3S2)cc1. The zero-order valence-electron chi connectivity index (χ0n) is 14.4. The van der Waals surface area contributed by atoms with Crippen LogP contribution < -0.4 is 5.32 Å². The minimum atomic E-state index is -2.93. The molecule has 1 fully saturated rings. The molecule has 25 heavy (non-hydrogen) atoms. The number of hydrogen-bond acceptors (Lipinski definition) is 6. The zero-order valence-corrected chi connectivity index (χ0v) is 16.1. The Balaban J connectivity index is 1.59. The van der Waals surface area contributed by atoms with Gasteiger partial charge in [0, 0.05) is 30.1 Å². The molecular formula is C17H23N3O3S2. The molecule has 1 aromatic rings. The lowest BCUT2D eigenvalue weighted by Gasteiger charge is -2.17. The summed E-state index contributed by atoms with van der Waals surface area (Å²) in [7, 11) is -1.11. The molecule has 1 saturated heterocycles. The van der Waals surface area contributed by atoms with Crippen LogP contribution >= 0.6 is 11.8 Å². The molecule has 2 aliphatic rings. The van der Waals surface area contributed by atoms with Crippen molar-refractivity contribution in [2.75, 3.05) is 30.4 Å². The molecule has 0 bridgehead atoms. The minimum absolute atomic E-state index is 0.0207. The van der Waals surface area contributed by atoms with Crippen LogP contribution in [-0.2, 0) is 9.84 Å². The summed E-state index contributed by atoms with van der Waals surface area (Å²) in [6.07, 6.45) is 2.06. The van der Waals surface area contributed by atoms with Crippen LogP contribution in [0.15, 0.2) is 29.3 Å². The van der Waals surface area contributed by atoms with E-state index in [0.29, 0.717) is 5.56 Å². The molecule has 0 unspecified atom stereocenters. The van der Waals surface area contributed by atoms with Crippen LogP contribution in [0.25, 0.3) is 0 Å². The number of thioether (sulfide) groups is 1. The van der Waals surface area contributed by atoms with Crippen LogP contribution in [0.5, 0.6) is 0 Å². The van der Waals surface area contributed by atoms with Gasteiger partial charge in [0.15, 0.2) is 15.0 Å². The third kappa shape index (κ3) is 4.36. The van der Waals surface area contributed by atoms with Gasteiger partial charge in [-0.1, -0.05) is 25.1 Å². The van der Waals surface area contributed by atoms with E-state index in [1.54, 1.807) is 17.0 Å². The predicted octanol–water partition coefficient (Wildman–Crippen LogP) is 2.24. The summed E-state index contributed by atoms with van der Waals surface area (Å²) in [4.78, 5) is 18.5. The number of benzene rings is 1. The number of nitrogens with one attached hydrogen (secondary N) is 1. The fraction of sp³-hybridized carbons (Fsp3) is 0.529. The van der Waals surface area contributed by atoms with Gasteiger partial charge in [-0.25, -0.2) is 8.42 Å². The number of aliphatic imine (C=N–C) groups is 1. The van der Waals surface area contributed by atoms with Crippen molar-refractivity contribution in [3.63, 3.8) is 0 Å². The van der Waals surface area contributed by atoms with E-state index in [2.05, 4.69) is 17.2 Å². The normalized spacial score (nSPS) is 23.8. The lowest BCUT2D eigenvalue weighted by molar-refractivity contribution is 0.0793. The Kier molecular flexibility index (Phi) is 5.38. The number of unbranched alkanes of at least 4 members (excludes halogenated alkanes) is 1. The van der Waals surface area contributed by atoms with Crippen LogP contribution in [0.1, 0.15) is 30.1 Å². The van der Waals surface area contributed by atoms with Gasteiger partial charge in [-0.3, -0.25) is 9.79 Å². The quantitative estimate of drug-likeness (QED) is 0.846. The largest absolute Gasteiger partial charge is 0.342 e. The molecule has 0 aliphatic carbocycles. The maximum absolute atomic E-state index is 12.3. The van der Waals surface area contributed by atoms with Gasteiger partial charge >= 0.3 is 0 Å². The van der Waals surface area contributed by atoms with Crippen molar-refractivity contribution >= 4 is 38.4 Å². The second-order valence-corrected chi connectivity index (χ2v) is 9.90. The van der Waals surface area contributed by atoms with Gasteiger partial charge in [0.05, 0.1) is 17.5 Å². The van der Waals surface area contributed by atoms with Crippen molar-refractivity contribution in [1.82, 2.24) is 4.90 Å². The van der Waals surface area contributed by atoms with Gasteiger partial charge in [-0.05, 0) is 30.7 Å². The van der Waals surface area contributed by atoms with Crippen molar-refractivity contribution < 1.29 is 13.2 Å². The second kappa shape index (κ2) is 7.37. The number of sulfone groups is 1. The average Bonchev–Trinajstić information content (AvgIpc) is 3.05. The standard InChI is InChI=1S/C17H23N3O3S2/c1-3-4-9-20(2)16(21)12-5-7-13(8-6-12)18-17-19-14-10-25(22,23)11-15(14)24-17/h5-8,14-15H,3-4,9-11H2,1-2H3,(H,18,19)/t14-,15+/m1/s1. The summed E-state index contributed by atoms with van der Waals surface area (Å²) in [5.41, 5.74) is 1.51. The summed E-state index contributed by atoms with van der Waals surface area (Å²) in [5, 5.41) is 4.00. The van der Waals surface area contributed by atoms with E-state index < -0.39 is 9.84 Å². The monoisotopic (exact) mass is 381 g/mol. The average molecular weight is 382 g/mol. The van der Waals surface area contributed by atoms with Crippen LogP contribution in [0, 0.1) is 0 Å². The highest BCUT2D eigenvalue weighted by Gasteiger charge is 2.42. The third-order valence-electron chi connectivity index (χ3n) is 4.40. The van der Waals surface area contributed by atoms with E-state index in [1.165, 1.54) is 11.8 Å². The van der Waals surface area contributed by atoms with Crippen molar-refractivity contribution in [1.29, 1.82) is 0 Å². The number of carbonyl (C=O) groups excluding carboxylic acids is 1. The van der Waals surface area contributed by atoms with Gasteiger partial charge < -0.3 is 10.2 Å².